The highest BCUT2D eigenvalue weighted by Gasteiger charge is 2.20. The van der Waals surface area contributed by atoms with Crippen LogP contribution in [0.5, 0.6) is 0 Å². The van der Waals surface area contributed by atoms with Crippen LogP contribution in [-0.4, -0.2) is 6.04 Å². The molecule has 2 saturated carbocycles. The lowest BCUT2D eigenvalue weighted by Crippen LogP contribution is -2.26. The number of hydrogen-bond acceptors (Lipinski definition) is 1. The molecule has 0 saturated heterocycles. The highest BCUT2D eigenvalue weighted by atomic mass is 14.6. The molecule has 0 spiro atoms. The van der Waals surface area contributed by atoms with Gasteiger partial charge in [-0.25, -0.2) is 0 Å². The van der Waals surface area contributed by atoms with Crippen molar-refractivity contribution in [2.24, 2.45) is 17.6 Å². The topological polar surface area (TPSA) is 26.0 Å². The SMILES string of the molecule is NC1CC2CCCCCCCCCCCCCCC(CCCC2)C1. The van der Waals surface area contributed by atoms with Crippen molar-refractivity contribution in [3.63, 3.8) is 0 Å². The highest BCUT2D eigenvalue weighted by Crippen LogP contribution is 2.30. The van der Waals surface area contributed by atoms with Gasteiger partial charge in [-0.1, -0.05) is 116 Å². The Morgan fingerprint density at radius 1 is 0.375 bits per heavy atom. The lowest BCUT2D eigenvalue weighted by atomic mass is 9.87. The van der Waals surface area contributed by atoms with E-state index in [-0.39, 0.29) is 0 Å². The first-order valence-corrected chi connectivity index (χ1v) is 11.6. The summed E-state index contributed by atoms with van der Waals surface area (Å²) in [6.45, 7) is 0. The van der Waals surface area contributed by atoms with E-state index in [1.807, 2.05) is 0 Å². The van der Waals surface area contributed by atoms with Crippen molar-refractivity contribution in [3.8, 4) is 0 Å². The van der Waals surface area contributed by atoms with Crippen molar-refractivity contribution < 1.29 is 0 Å². The first-order valence-electron chi connectivity index (χ1n) is 11.6. The molecule has 0 aromatic rings. The van der Waals surface area contributed by atoms with Gasteiger partial charge in [0.2, 0.25) is 0 Å². The van der Waals surface area contributed by atoms with Gasteiger partial charge in [0.15, 0.2) is 0 Å². The van der Waals surface area contributed by atoms with Crippen LogP contribution in [0.4, 0.5) is 0 Å². The minimum Gasteiger partial charge on any atom is -0.328 e. The second-order valence-electron chi connectivity index (χ2n) is 9.07. The molecular weight excluding hydrogens is 290 g/mol. The lowest BCUT2D eigenvalue weighted by Gasteiger charge is -2.22. The van der Waals surface area contributed by atoms with E-state index in [1.165, 1.54) is 128 Å². The highest BCUT2D eigenvalue weighted by molar-refractivity contribution is 4.76. The molecular formula is C23H45N. The molecule has 2 bridgehead atoms. The van der Waals surface area contributed by atoms with Crippen LogP contribution in [0.2, 0.25) is 0 Å². The van der Waals surface area contributed by atoms with Crippen LogP contribution in [-0.2, 0) is 0 Å². The summed E-state index contributed by atoms with van der Waals surface area (Å²) in [5.74, 6) is 1.86. The average Bonchev–Trinajstić information content (AvgIpc) is 2.64. The van der Waals surface area contributed by atoms with Gasteiger partial charge in [0.1, 0.15) is 0 Å². The summed E-state index contributed by atoms with van der Waals surface area (Å²) >= 11 is 0. The van der Waals surface area contributed by atoms with E-state index in [0.29, 0.717) is 6.04 Å². The summed E-state index contributed by atoms with van der Waals surface area (Å²) in [6, 6.07) is 0.486. The Bertz CT molecular complexity index is 260. The molecule has 2 atom stereocenters. The molecule has 2 rings (SSSR count). The van der Waals surface area contributed by atoms with Gasteiger partial charge in [-0.3, -0.25) is 0 Å². The Morgan fingerprint density at radius 2 is 0.625 bits per heavy atom. The fourth-order valence-electron chi connectivity index (χ4n) is 5.21. The van der Waals surface area contributed by atoms with Crippen molar-refractivity contribution in [1.29, 1.82) is 0 Å². The summed E-state index contributed by atoms with van der Waals surface area (Å²) in [7, 11) is 0. The van der Waals surface area contributed by atoms with E-state index in [2.05, 4.69) is 0 Å². The third-order valence-electron chi connectivity index (χ3n) is 6.72. The monoisotopic (exact) mass is 335 g/mol. The van der Waals surface area contributed by atoms with Gasteiger partial charge in [0.05, 0.1) is 0 Å². The van der Waals surface area contributed by atoms with Crippen LogP contribution >= 0.6 is 0 Å². The van der Waals surface area contributed by atoms with Gasteiger partial charge in [-0.15, -0.1) is 0 Å². The van der Waals surface area contributed by atoms with Crippen molar-refractivity contribution in [2.45, 2.75) is 134 Å². The molecule has 1 heteroatoms. The molecule has 2 N–H and O–H groups in total. The van der Waals surface area contributed by atoms with Gasteiger partial charge in [-0.05, 0) is 24.7 Å². The number of rotatable bonds is 0. The van der Waals surface area contributed by atoms with Crippen LogP contribution < -0.4 is 5.73 Å². The molecule has 24 heavy (non-hydrogen) atoms. The molecule has 0 aromatic heterocycles. The van der Waals surface area contributed by atoms with E-state index in [4.69, 9.17) is 5.73 Å². The first-order chi connectivity index (χ1) is 11.8. The summed E-state index contributed by atoms with van der Waals surface area (Å²) in [6.07, 6.45) is 29.1. The van der Waals surface area contributed by atoms with E-state index in [1.54, 1.807) is 0 Å². The normalized spacial score (nSPS) is 33.6. The Labute approximate surface area is 152 Å². The molecule has 0 aromatic carbocycles. The molecule has 0 amide bonds. The maximum atomic E-state index is 6.57. The Balaban J connectivity index is 1.80. The molecule has 1 nitrogen and oxygen atoms in total. The van der Waals surface area contributed by atoms with Crippen LogP contribution in [0.15, 0.2) is 0 Å². The Morgan fingerprint density at radius 3 is 0.958 bits per heavy atom. The predicted molar refractivity (Wildman–Crippen MR) is 107 cm³/mol. The van der Waals surface area contributed by atoms with Crippen molar-refractivity contribution in [2.75, 3.05) is 0 Å². The third-order valence-corrected chi connectivity index (χ3v) is 6.72. The zero-order valence-electron chi connectivity index (χ0n) is 16.5. The number of fused-ring (bicyclic) bond motifs is 4. The van der Waals surface area contributed by atoms with Gasteiger partial charge in [0.25, 0.3) is 0 Å². The quantitative estimate of drug-likeness (QED) is 0.491. The standard InChI is InChI=1S/C23H45N/c24-23-19-21-15-11-9-7-5-3-1-2-4-6-8-10-12-16-22(20-23)18-14-13-17-21/h21-23H,1-20,24H2. The zero-order chi connectivity index (χ0) is 16.9. The second-order valence-corrected chi connectivity index (χ2v) is 9.07. The lowest BCUT2D eigenvalue weighted by molar-refractivity contribution is 0.333. The van der Waals surface area contributed by atoms with Crippen molar-refractivity contribution in [3.05, 3.63) is 0 Å². The van der Waals surface area contributed by atoms with Crippen LogP contribution in [0.1, 0.15) is 128 Å². The number of hydrogen-bond donors (Lipinski definition) is 1. The fourth-order valence-corrected chi connectivity index (χ4v) is 5.21. The van der Waals surface area contributed by atoms with Gasteiger partial charge in [-0.2, -0.15) is 0 Å². The van der Waals surface area contributed by atoms with Crippen LogP contribution in [0.3, 0.4) is 0 Å². The predicted octanol–water partition coefficient (Wildman–Crippen LogP) is 7.38. The van der Waals surface area contributed by atoms with Crippen LogP contribution in [0.25, 0.3) is 0 Å². The fraction of sp³-hybridized carbons (Fsp3) is 1.00. The molecule has 2 aliphatic carbocycles. The summed E-state index contributed by atoms with van der Waals surface area (Å²) in [5, 5.41) is 0. The Kier molecular flexibility index (Phi) is 11.2. The second kappa shape index (κ2) is 13.2. The maximum absolute atomic E-state index is 6.57. The molecule has 142 valence electrons. The summed E-state index contributed by atoms with van der Waals surface area (Å²) in [5.41, 5.74) is 6.57. The largest absolute Gasteiger partial charge is 0.328 e. The summed E-state index contributed by atoms with van der Waals surface area (Å²) < 4.78 is 0. The minimum atomic E-state index is 0.486. The van der Waals surface area contributed by atoms with Crippen molar-refractivity contribution >= 4 is 0 Å². The number of nitrogens with two attached hydrogens (primary N) is 1. The molecule has 2 fully saturated rings. The molecule has 0 heterocycles. The van der Waals surface area contributed by atoms with Gasteiger partial charge >= 0.3 is 0 Å². The van der Waals surface area contributed by atoms with E-state index < -0.39 is 0 Å². The zero-order valence-corrected chi connectivity index (χ0v) is 16.5. The van der Waals surface area contributed by atoms with E-state index >= 15 is 0 Å². The molecule has 2 aliphatic rings. The summed E-state index contributed by atoms with van der Waals surface area (Å²) in [4.78, 5) is 0. The molecule has 0 radical (unpaired) electrons. The first kappa shape index (κ1) is 20.3. The maximum Gasteiger partial charge on any atom is 0.00441 e. The third kappa shape index (κ3) is 9.44. The van der Waals surface area contributed by atoms with Gasteiger partial charge < -0.3 is 5.73 Å². The van der Waals surface area contributed by atoms with Crippen LogP contribution in [0, 0.1) is 11.8 Å². The Hall–Kier alpha value is -0.0400. The van der Waals surface area contributed by atoms with Crippen molar-refractivity contribution in [1.82, 2.24) is 0 Å². The minimum absolute atomic E-state index is 0.486. The van der Waals surface area contributed by atoms with E-state index in [9.17, 15) is 0 Å². The smallest absolute Gasteiger partial charge is 0.00441 e. The molecule has 2 unspecified atom stereocenters. The average molecular weight is 336 g/mol. The molecule has 0 aliphatic heterocycles. The van der Waals surface area contributed by atoms with Gasteiger partial charge in [0, 0.05) is 6.04 Å². The van der Waals surface area contributed by atoms with E-state index in [0.717, 1.165) is 11.8 Å².